The predicted molar refractivity (Wildman–Crippen MR) is 112 cm³/mol. The molecule has 7 nitrogen and oxygen atoms in total. The Labute approximate surface area is 177 Å². The molecule has 0 aromatic heterocycles. The highest BCUT2D eigenvalue weighted by molar-refractivity contribution is 7.89. The molecule has 0 bridgehead atoms. The van der Waals surface area contributed by atoms with Gasteiger partial charge in [-0.2, -0.15) is 4.31 Å². The smallest absolute Gasteiger partial charge is 0.243 e. The quantitative estimate of drug-likeness (QED) is 0.789. The molecule has 1 unspecified atom stereocenters. The van der Waals surface area contributed by atoms with E-state index >= 15 is 0 Å². The van der Waals surface area contributed by atoms with Crippen LogP contribution in [0.2, 0.25) is 0 Å². The summed E-state index contributed by atoms with van der Waals surface area (Å²) in [6.45, 7) is 3.44. The van der Waals surface area contributed by atoms with Gasteiger partial charge in [0.2, 0.25) is 15.9 Å². The minimum Gasteiger partial charge on any atom is -0.486 e. The van der Waals surface area contributed by atoms with Gasteiger partial charge in [-0.05, 0) is 37.5 Å². The molecule has 160 valence electrons. The molecule has 4 rings (SSSR count). The summed E-state index contributed by atoms with van der Waals surface area (Å²) in [5, 5.41) is 3.05. The van der Waals surface area contributed by atoms with E-state index in [2.05, 4.69) is 5.32 Å². The van der Waals surface area contributed by atoms with Crippen LogP contribution in [0.5, 0.6) is 11.5 Å². The molecule has 1 saturated heterocycles. The summed E-state index contributed by atoms with van der Waals surface area (Å²) in [6, 6.07) is 14.4. The molecule has 2 aromatic rings. The molecule has 0 radical (unpaired) electrons. The minimum absolute atomic E-state index is 0.0252. The van der Waals surface area contributed by atoms with Crippen molar-refractivity contribution in [2.45, 2.75) is 30.7 Å². The van der Waals surface area contributed by atoms with E-state index in [4.69, 9.17) is 9.47 Å². The zero-order valence-electron chi connectivity index (χ0n) is 16.9. The molecule has 2 aliphatic heterocycles. The second-order valence-corrected chi connectivity index (χ2v) is 9.56. The van der Waals surface area contributed by atoms with E-state index in [1.165, 1.54) is 10.4 Å². The Balaban J connectivity index is 1.37. The first-order valence-corrected chi connectivity index (χ1v) is 11.6. The summed E-state index contributed by atoms with van der Waals surface area (Å²) >= 11 is 0. The van der Waals surface area contributed by atoms with Gasteiger partial charge in [0.25, 0.3) is 0 Å². The highest BCUT2D eigenvalue weighted by Crippen LogP contribution is 2.34. The van der Waals surface area contributed by atoms with Gasteiger partial charge in [0.1, 0.15) is 13.2 Å². The summed E-state index contributed by atoms with van der Waals surface area (Å²) in [5.41, 5.74) is 1.05. The Morgan fingerprint density at radius 2 is 1.70 bits per heavy atom. The Kier molecular flexibility index (Phi) is 5.97. The second-order valence-electron chi connectivity index (χ2n) is 7.62. The lowest BCUT2D eigenvalue weighted by Crippen LogP contribution is -2.43. The number of hydrogen-bond acceptors (Lipinski definition) is 5. The summed E-state index contributed by atoms with van der Waals surface area (Å²) < 4.78 is 38.5. The van der Waals surface area contributed by atoms with Crippen LogP contribution in [-0.4, -0.2) is 44.9 Å². The van der Waals surface area contributed by atoms with Crippen molar-refractivity contribution in [2.75, 3.05) is 26.3 Å². The monoisotopic (exact) mass is 430 g/mol. The maximum atomic E-state index is 13.0. The van der Waals surface area contributed by atoms with Crippen LogP contribution in [0.3, 0.4) is 0 Å². The van der Waals surface area contributed by atoms with Gasteiger partial charge in [0, 0.05) is 25.1 Å². The summed E-state index contributed by atoms with van der Waals surface area (Å²) in [4.78, 5) is 12.8. The van der Waals surface area contributed by atoms with Crippen molar-refractivity contribution in [1.29, 1.82) is 0 Å². The standard InChI is InChI=1S/C22H26N2O5S/c1-16(17-5-3-2-4-6-17)23-22(25)18-9-11-24(12-10-18)30(26,27)19-7-8-20-21(15-19)29-14-13-28-20/h2-8,15-16,18H,9-14H2,1H3,(H,23,25). The number of rotatable bonds is 5. The molecule has 1 fully saturated rings. The summed E-state index contributed by atoms with van der Waals surface area (Å²) in [6.07, 6.45) is 0.994. The van der Waals surface area contributed by atoms with Gasteiger partial charge in [-0.1, -0.05) is 30.3 Å². The highest BCUT2D eigenvalue weighted by atomic mass is 32.2. The molecule has 2 aliphatic rings. The van der Waals surface area contributed by atoms with Crippen molar-refractivity contribution in [3.63, 3.8) is 0 Å². The molecule has 8 heteroatoms. The van der Waals surface area contributed by atoms with Crippen LogP contribution in [-0.2, 0) is 14.8 Å². The molecule has 0 aliphatic carbocycles. The average Bonchev–Trinajstić information content (AvgIpc) is 2.79. The lowest BCUT2D eigenvalue weighted by Gasteiger charge is -2.31. The van der Waals surface area contributed by atoms with Gasteiger partial charge in [-0.25, -0.2) is 8.42 Å². The Morgan fingerprint density at radius 1 is 1.03 bits per heavy atom. The zero-order valence-corrected chi connectivity index (χ0v) is 17.7. The largest absolute Gasteiger partial charge is 0.486 e. The van der Waals surface area contributed by atoms with Crippen molar-refractivity contribution < 1.29 is 22.7 Å². The van der Waals surface area contributed by atoms with Gasteiger partial charge < -0.3 is 14.8 Å². The second kappa shape index (κ2) is 8.65. The maximum absolute atomic E-state index is 13.0. The molecule has 1 N–H and O–H groups in total. The van der Waals surface area contributed by atoms with E-state index in [0.717, 1.165) is 5.56 Å². The first-order valence-electron chi connectivity index (χ1n) is 10.2. The molecule has 30 heavy (non-hydrogen) atoms. The van der Waals surface area contributed by atoms with Crippen molar-refractivity contribution in [2.24, 2.45) is 5.92 Å². The van der Waals surface area contributed by atoms with Gasteiger partial charge in [0.05, 0.1) is 10.9 Å². The highest BCUT2D eigenvalue weighted by Gasteiger charge is 2.33. The fourth-order valence-electron chi connectivity index (χ4n) is 3.85. The Hall–Kier alpha value is -2.58. The van der Waals surface area contributed by atoms with Crippen LogP contribution in [0.25, 0.3) is 0 Å². The van der Waals surface area contributed by atoms with Crippen LogP contribution < -0.4 is 14.8 Å². The number of piperidine rings is 1. The number of hydrogen-bond donors (Lipinski definition) is 1. The molecule has 0 saturated carbocycles. The fraction of sp³-hybridized carbons (Fsp3) is 0.409. The lowest BCUT2D eigenvalue weighted by molar-refractivity contribution is -0.126. The number of nitrogens with one attached hydrogen (secondary N) is 1. The Bertz CT molecular complexity index is 1000. The molecular weight excluding hydrogens is 404 g/mol. The molecule has 1 atom stereocenters. The van der Waals surface area contributed by atoms with Gasteiger partial charge in [-0.3, -0.25) is 4.79 Å². The normalized spacial score (nSPS) is 18.6. The lowest BCUT2D eigenvalue weighted by atomic mass is 9.96. The Morgan fingerprint density at radius 3 is 2.40 bits per heavy atom. The third kappa shape index (κ3) is 4.29. The first-order chi connectivity index (χ1) is 14.4. The van der Waals surface area contributed by atoms with E-state index in [-0.39, 0.29) is 22.8 Å². The number of sulfonamides is 1. The third-order valence-corrected chi connectivity index (χ3v) is 7.53. The van der Waals surface area contributed by atoms with Crippen LogP contribution in [0.1, 0.15) is 31.4 Å². The van der Waals surface area contributed by atoms with E-state index in [9.17, 15) is 13.2 Å². The molecular formula is C22H26N2O5S. The molecule has 2 aromatic carbocycles. The van der Waals surface area contributed by atoms with Gasteiger partial charge >= 0.3 is 0 Å². The molecule has 1 amide bonds. The minimum atomic E-state index is -3.64. The summed E-state index contributed by atoms with van der Waals surface area (Å²) in [5.74, 6) is 0.792. The number of carbonyl (C=O) groups excluding carboxylic acids is 1. The zero-order chi connectivity index (χ0) is 21.1. The van der Waals surface area contributed by atoms with Crippen molar-refractivity contribution in [3.8, 4) is 11.5 Å². The van der Waals surface area contributed by atoms with E-state index in [0.29, 0.717) is 50.6 Å². The van der Waals surface area contributed by atoms with Gasteiger partial charge in [-0.15, -0.1) is 0 Å². The maximum Gasteiger partial charge on any atom is 0.243 e. The van der Waals surface area contributed by atoms with Gasteiger partial charge in [0.15, 0.2) is 11.5 Å². The summed E-state index contributed by atoms with van der Waals surface area (Å²) in [7, 11) is -3.64. The van der Waals surface area contributed by atoms with E-state index in [1.54, 1.807) is 12.1 Å². The van der Waals surface area contributed by atoms with E-state index < -0.39 is 10.0 Å². The van der Waals surface area contributed by atoms with Crippen molar-refractivity contribution in [3.05, 3.63) is 54.1 Å². The molecule has 2 heterocycles. The third-order valence-electron chi connectivity index (χ3n) is 5.63. The number of amides is 1. The van der Waals surface area contributed by atoms with Crippen LogP contribution in [0, 0.1) is 5.92 Å². The number of fused-ring (bicyclic) bond motifs is 1. The molecule has 0 spiro atoms. The SMILES string of the molecule is CC(NC(=O)C1CCN(S(=O)(=O)c2ccc3c(c2)OCCO3)CC1)c1ccccc1. The number of carbonyl (C=O) groups is 1. The fourth-order valence-corrected chi connectivity index (χ4v) is 5.33. The number of ether oxygens (including phenoxy) is 2. The van der Waals surface area contributed by atoms with E-state index in [1.807, 2.05) is 37.3 Å². The predicted octanol–water partition coefficient (Wildman–Crippen LogP) is 2.74. The topological polar surface area (TPSA) is 84.9 Å². The number of nitrogens with zero attached hydrogens (tertiary/aromatic N) is 1. The van der Waals surface area contributed by atoms with Crippen LogP contribution in [0.15, 0.2) is 53.4 Å². The van der Waals surface area contributed by atoms with Crippen LogP contribution >= 0.6 is 0 Å². The average molecular weight is 431 g/mol. The van der Waals surface area contributed by atoms with Crippen molar-refractivity contribution >= 4 is 15.9 Å². The van der Waals surface area contributed by atoms with Crippen molar-refractivity contribution in [1.82, 2.24) is 9.62 Å². The number of benzene rings is 2. The van der Waals surface area contributed by atoms with Crippen LogP contribution in [0.4, 0.5) is 0 Å². The first kappa shape index (κ1) is 20.7.